The second-order valence-corrected chi connectivity index (χ2v) is 3.63. The van der Waals surface area contributed by atoms with E-state index in [1.54, 1.807) is 0 Å². The van der Waals surface area contributed by atoms with Gasteiger partial charge in [-0.2, -0.15) is 0 Å². The normalized spacial score (nSPS) is 10.6. The van der Waals surface area contributed by atoms with Gasteiger partial charge in [0.1, 0.15) is 5.82 Å². The third-order valence-electron chi connectivity index (χ3n) is 2.10. The van der Waals surface area contributed by atoms with Gasteiger partial charge in [-0.3, -0.25) is 0 Å². The molecule has 0 bridgehead atoms. The molecule has 3 heteroatoms. The van der Waals surface area contributed by atoms with E-state index in [1.165, 1.54) is 5.56 Å². The van der Waals surface area contributed by atoms with Crippen LogP contribution in [0.5, 0.6) is 0 Å². The van der Waals surface area contributed by atoms with Crippen LogP contribution in [0, 0.1) is 0 Å². The predicted molar refractivity (Wildman–Crippen MR) is 62.8 cm³/mol. The van der Waals surface area contributed by atoms with Gasteiger partial charge in [0, 0.05) is 20.7 Å². The number of aromatic nitrogens is 1. The Morgan fingerprint density at radius 3 is 2.93 bits per heavy atom. The van der Waals surface area contributed by atoms with Gasteiger partial charge in [0.05, 0.1) is 0 Å². The molecule has 0 aromatic carbocycles. The average Bonchev–Trinajstić information content (AvgIpc) is 2.18. The van der Waals surface area contributed by atoms with Crippen molar-refractivity contribution in [1.29, 1.82) is 0 Å². The minimum Gasteiger partial charge on any atom is -0.369 e. The minimum atomic E-state index is 0. The van der Waals surface area contributed by atoms with Crippen LogP contribution in [0.3, 0.4) is 0 Å². The first-order valence-corrected chi connectivity index (χ1v) is 5.06. The molecule has 3 nitrogen and oxygen atoms in total. The van der Waals surface area contributed by atoms with Crippen LogP contribution in [-0.2, 0) is 6.42 Å². The Balaban J connectivity index is 0.00000196. The zero-order valence-corrected chi connectivity index (χ0v) is 9.25. The van der Waals surface area contributed by atoms with E-state index in [-0.39, 0.29) is 1.43 Å². The van der Waals surface area contributed by atoms with Crippen LogP contribution in [0.2, 0.25) is 0 Å². The monoisotopic (exact) mass is 195 g/mol. The molecular weight excluding hydrogens is 174 g/mol. The van der Waals surface area contributed by atoms with Crippen molar-refractivity contribution in [2.24, 2.45) is 0 Å². The Kier molecular flexibility index (Phi) is 4.40. The molecule has 1 rings (SSSR count). The molecule has 1 heterocycles. The number of nitrogens with zero attached hydrogens (tertiary/aromatic N) is 2. The molecule has 80 valence electrons. The Morgan fingerprint density at radius 2 is 2.29 bits per heavy atom. The highest BCUT2D eigenvalue weighted by atomic mass is 15.1. The molecule has 0 amide bonds. The number of hydrogen-bond donors (Lipinski definition) is 1. The first-order chi connectivity index (χ1) is 6.72. The number of hydrogen-bond acceptors (Lipinski definition) is 3. The highest BCUT2D eigenvalue weighted by Crippen LogP contribution is 2.06. The molecule has 0 aliphatic rings. The maximum atomic E-state index is 4.25. The fraction of sp³-hybridized carbons (Fsp3) is 0.545. The van der Waals surface area contributed by atoms with Crippen molar-refractivity contribution in [3.8, 4) is 0 Å². The summed E-state index contributed by atoms with van der Waals surface area (Å²) < 4.78 is 0. The third-order valence-corrected chi connectivity index (χ3v) is 2.10. The number of nitrogens with one attached hydrogen (secondary N) is 1. The first kappa shape index (κ1) is 11.0. The molecule has 1 aromatic rings. The molecule has 14 heavy (non-hydrogen) atoms. The van der Waals surface area contributed by atoms with Gasteiger partial charge in [-0.1, -0.05) is 6.92 Å². The van der Waals surface area contributed by atoms with Crippen LogP contribution >= 0.6 is 0 Å². The standard InChI is InChI=1S/C11H19N3.H2/c1-4-10-5-6-12-11(9-10)13-7-8-14(2)3;/h5-6,9H,4,7-8H2,1-3H3,(H,12,13);1H. The zero-order chi connectivity index (χ0) is 10.4. The summed E-state index contributed by atoms with van der Waals surface area (Å²) in [6, 6.07) is 4.16. The maximum absolute atomic E-state index is 4.25. The van der Waals surface area contributed by atoms with Gasteiger partial charge in [-0.05, 0) is 38.2 Å². The van der Waals surface area contributed by atoms with Crippen molar-refractivity contribution in [2.75, 3.05) is 32.5 Å². The highest BCUT2D eigenvalue weighted by molar-refractivity contribution is 5.37. The second-order valence-electron chi connectivity index (χ2n) is 3.63. The van der Waals surface area contributed by atoms with Gasteiger partial charge >= 0.3 is 0 Å². The van der Waals surface area contributed by atoms with Crippen molar-refractivity contribution in [2.45, 2.75) is 13.3 Å². The predicted octanol–water partition coefficient (Wildman–Crippen LogP) is 1.86. The lowest BCUT2D eigenvalue weighted by Crippen LogP contribution is -2.21. The van der Waals surface area contributed by atoms with E-state index in [9.17, 15) is 0 Å². The summed E-state index contributed by atoms with van der Waals surface area (Å²) in [5, 5.41) is 3.30. The van der Waals surface area contributed by atoms with Gasteiger partial charge in [0.15, 0.2) is 0 Å². The summed E-state index contributed by atoms with van der Waals surface area (Å²) in [4.78, 5) is 6.40. The number of pyridine rings is 1. The van der Waals surface area contributed by atoms with Crippen molar-refractivity contribution in [1.82, 2.24) is 9.88 Å². The summed E-state index contributed by atoms with van der Waals surface area (Å²) in [5.74, 6) is 0.978. The van der Waals surface area contributed by atoms with Gasteiger partial charge in [-0.25, -0.2) is 4.98 Å². The van der Waals surface area contributed by atoms with E-state index in [0.29, 0.717) is 0 Å². The van der Waals surface area contributed by atoms with Crippen molar-refractivity contribution >= 4 is 5.82 Å². The molecule has 0 saturated heterocycles. The summed E-state index contributed by atoms with van der Waals surface area (Å²) in [6.07, 6.45) is 2.92. The van der Waals surface area contributed by atoms with Crippen LogP contribution in [0.15, 0.2) is 18.3 Å². The third kappa shape index (κ3) is 3.75. The van der Waals surface area contributed by atoms with Crippen molar-refractivity contribution in [3.63, 3.8) is 0 Å². The Morgan fingerprint density at radius 1 is 1.50 bits per heavy atom. The van der Waals surface area contributed by atoms with E-state index in [2.05, 4.69) is 48.4 Å². The topological polar surface area (TPSA) is 28.2 Å². The largest absolute Gasteiger partial charge is 0.369 e. The SMILES string of the molecule is CCc1ccnc(NCCN(C)C)c1.[HH]. The molecule has 1 aromatic heterocycles. The van der Waals surface area contributed by atoms with Crippen molar-refractivity contribution in [3.05, 3.63) is 23.9 Å². The molecule has 0 saturated carbocycles. The van der Waals surface area contributed by atoms with Gasteiger partial charge in [0.25, 0.3) is 0 Å². The molecule has 0 radical (unpaired) electrons. The highest BCUT2D eigenvalue weighted by Gasteiger charge is 1.95. The Bertz CT molecular complexity index is 276. The Labute approximate surface area is 87.6 Å². The molecule has 0 unspecified atom stereocenters. The van der Waals surface area contributed by atoms with E-state index in [4.69, 9.17) is 0 Å². The molecule has 1 N–H and O–H groups in total. The Hall–Kier alpha value is -1.09. The fourth-order valence-electron chi connectivity index (χ4n) is 1.20. The van der Waals surface area contributed by atoms with E-state index < -0.39 is 0 Å². The van der Waals surface area contributed by atoms with Gasteiger partial charge in [0.2, 0.25) is 0 Å². The summed E-state index contributed by atoms with van der Waals surface area (Å²) in [7, 11) is 4.13. The number of anilines is 1. The first-order valence-electron chi connectivity index (χ1n) is 5.06. The second kappa shape index (κ2) is 5.60. The van der Waals surface area contributed by atoms with Crippen LogP contribution in [0.25, 0.3) is 0 Å². The van der Waals surface area contributed by atoms with Crippen LogP contribution in [-0.4, -0.2) is 37.1 Å². The molecular formula is C11H21N3. The van der Waals surface area contributed by atoms with E-state index >= 15 is 0 Å². The number of likely N-dealkylation sites (N-methyl/N-ethyl adjacent to an activating group) is 1. The minimum absolute atomic E-state index is 0. The average molecular weight is 195 g/mol. The summed E-state index contributed by atoms with van der Waals surface area (Å²) in [6.45, 7) is 4.12. The van der Waals surface area contributed by atoms with Crippen LogP contribution in [0.1, 0.15) is 13.9 Å². The number of aryl methyl sites for hydroxylation is 1. The van der Waals surface area contributed by atoms with Crippen LogP contribution < -0.4 is 5.32 Å². The lowest BCUT2D eigenvalue weighted by Gasteiger charge is -2.11. The van der Waals surface area contributed by atoms with E-state index in [0.717, 1.165) is 25.3 Å². The zero-order valence-electron chi connectivity index (χ0n) is 9.25. The fourth-order valence-corrected chi connectivity index (χ4v) is 1.20. The molecule has 0 atom stereocenters. The lowest BCUT2D eigenvalue weighted by atomic mass is 10.2. The summed E-state index contributed by atoms with van der Waals surface area (Å²) >= 11 is 0. The quantitative estimate of drug-likeness (QED) is 0.777. The molecule has 0 spiro atoms. The smallest absolute Gasteiger partial charge is 0.126 e. The van der Waals surface area contributed by atoms with E-state index in [1.807, 2.05) is 6.20 Å². The molecule has 0 aliphatic heterocycles. The van der Waals surface area contributed by atoms with Gasteiger partial charge < -0.3 is 10.2 Å². The summed E-state index contributed by atoms with van der Waals surface area (Å²) in [5.41, 5.74) is 1.33. The molecule has 0 aliphatic carbocycles. The molecule has 0 fully saturated rings. The van der Waals surface area contributed by atoms with Crippen LogP contribution in [0.4, 0.5) is 5.82 Å². The maximum Gasteiger partial charge on any atom is 0.126 e. The number of rotatable bonds is 5. The van der Waals surface area contributed by atoms with Gasteiger partial charge in [-0.15, -0.1) is 0 Å². The lowest BCUT2D eigenvalue weighted by molar-refractivity contribution is 0.425. The van der Waals surface area contributed by atoms with Crippen molar-refractivity contribution < 1.29 is 1.43 Å².